The first kappa shape index (κ1) is 11.4. The minimum Gasteiger partial charge on any atom is -0.468 e. The van der Waals surface area contributed by atoms with E-state index in [1.54, 1.807) is 0 Å². The molecule has 0 spiro atoms. The van der Waals surface area contributed by atoms with Gasteiger partial charge in [-0.15, -0.1) is 0 Å². The van der Waals surface area contributed by atoms with Crippen molar-refractivity contribution in [3.05, 3.63) is 0 Å². The van der Waals surface area contributed by atoms with Gasteiger partial charge in [-0.25, -0.2) is 0 Å². The van der Waals surface area contributed by atoms with E-state index in [0.29, 0.717) is 6.54 Å². The minimum absolute atomic E-state index is 0.163. The molecule has 0 aromatic heterocycles. The number of ether oxygens (including phenoxy) is 1. The van der Waals surface area contributed by atoms with E-state index in [0.717, 1.165) is 39.3 Å². The van der Waals surface area contributed by atoms with Crippen LogP contribution in [0.1, 0.15) is 0 Å². The number of nitrogens with one attached hydrogen (secondary N) is 2. The molecule has 1 rings (SSSR count). The van der Waals surface area contributed by atoms with Crippen LogP contribution in [0.5, 0.6) is 0 Å². The fourth-order valence-corrected chi connectivity index (χ4v) is 1.42. The summed E-state index contributed by atoms with van der Waals surface area (Å²) in [5, 5.41) is 6.58. The van der Waals surface area contributed by atoms with Gasteiger partial charge in [0.2, 0.25) is 0 Å². The van der Waals surface area contributed by atoms with Crippen LogP contribution in [0.3, 0.4) is 0 Å². The summed E-state index contributed by atoms with van der Waals surface area (Å²) in [6.07, 6.45) is 0. The second kappa shape index (κ2) is 6.75. The van der Waals surface area contributed by atoms with Crippen LogP contribution in [0.4, 0.5) is 0 Å². The molecule has 0 bridgehead atoms. The zero-order valence-corrected chi connectivity index (χ0v) is 8.71. The third kappa shape index (κ3) is 4.55. The van der Waals surface area contributed by atoms with Crippen LogP contribution >= 0.6 is 0 Å². The molecule has 0 atom stereocenters. The minimum atomic E-state index is -0.163. The van der Waals surface area contributed by atoms with E-state index in [9.17, 15) is 4.79 Å². The number of hydrogen-bond donors (Lipinski definition) is 2. The molecule has 0 radical (unpaired) electrons. The van der Waals surface area contributed by atoms with Crippen LogP contribution in [0.2, 0.25) is 0 Å². The van der Waals surface area contributed by atoms with Crippen LogP contribution in [0, 0.1) is 0 Å². The lowest BCUT2D eigenvalue weighted by Gasteiger charge is -2.19. The van der Waals surface area contributed by atoms with Crippen molar-refractivity contribution >= 4 is 5.97 Å². The first-order valence-electron chi connectivity index (χ1n) is 5.03. The third-order valence-corrected chi connectivity index (χ3v) is 2.27. The molecule has 82 valence electrons. The van der Waals surface area contributed by atoms with Crippen molar-refractivity contribution in [1.82, 2.24) is 15.5 Å². The molecule has 0 aromatic carbocycles. The highest BCUT2D eigenvalue weighted by molar-refractivity contribution is 5.71. The van der Waals surface area contributed by atoms with E-state index in [-0.39, 0.29) is 5.97 Å². The summed E-state index contributed by atoms with van der Waals surface area (Å²) in [6.45, 7) is 6.03. The number of rotatable bonds is 2. The van der Waals surface area contributed by atoms with Gasteiger partial charge in [0.1, 0.15) is 0 Å². The summed E-state index contributed by atoms with van der Waals surface area (Å²) in [7, 11) is 1.43. The van der Waals surface area contributed by atoms with Crippen molar-refractivity contribution in [1.29, 1.82) is 0 Å². The number of hydrogen-bond acceptors (Lipinski definition) is 5. The van der Waals surface area contributed by atoms with Gasteiger partial charge in [0, 0.05) is 39.3 Å². The van der Waals surface area contributed by atoms with Crippen LogP contribution in [-0.4, -0.2) is 63.8 Å². The van der Waals surface area contributed by atoms with Gasteiger partial charge >= 0.3 is 5.97 Å². The van der Waals surface area contributed by atoms with Crippen molar-refractivity contribution < 1.29 is 9.53 Å². The molecule has 2 N–H and O–H groups in total. The molecule has 14 heavy (non-hydrogen) atoms. The summed E-state index contributed by atoms with van der Waals surface area (Å²) >= 11 is 0. The van der Waals surface area contributed by atoms with Gasteiger partial charge in [0.25, 0.3) is 0 Å². The first-order chi connectivity index (χ1) is 6.83. The first-order valence-corrected chi connectivity index (χ1v) is 5.03. The fraction of sp³-hybridized carbons (Fsp3) is 0.889. The molecule has 1 saturated heterocycles. The summed E-state index contributed by atoms with van der Waals surface area (Å²) in [5.74, 6) is -0.163. The average molecular weight is 201 g/mol. The summed E-state index contributed by atoms with van der Waals surface area (Å²) in [6, 6.07) is 0. The molecule has 5 nitrogen and oxygen atoms in total. The summed E-state index contributed by atoms with van der Waals surface area (Å²) in [4.78, 5) is 13.2. The van der Waals surface area contributed by atoms with Crippen LogP contribution in [-0.2, 0) is 9.53 Å². The fourth-order valence-electron chi connectivity index (χ4n) is 1.42. The van der Waals surface area contributed by atoms with Crippen LogP contribution < -0.4 is 10.6 Å². The van der Waals surface area contributed by atoms with Crippen molar-refractivity contribution in [2.75, 3.05) is 52.9 Å². The summed E-state index contributed by atoms with van der Waals surface area (Å²) in [5.41, 5.74) is 0. The molecule has 5 heteroatoms. The van der Waals surface area contributed by atoms with Gasteiger partial charge in [0.05, 0.1) is 13.7 Å². The Morgan fingerprint density at radius 3 is 2.29 bits per heavy atom. The Morgan fingerprint density at radius 2 is 1.79 bits per heavy atom. The number of methoxy groups -OCH3 is 1. The molecule has 0 aliphatic carbocycles. The monoisotopic (exact) mass is 201 g/mol. The normalized spacial score (nSPS) is 20.6. The zero-order valence-electron chi connectivity index (χ0n) is 8.71. The zero-order chi connectivity index (χ0) is 10.2. The smallest absolute Gasteiger partial charge is 0.319 e. The molecule has 1 fully saturated rings. The molecule has 0 aromatic rings. The third-order valence-electron chi connectivity index (χ3n) is 2.27. The Bertz CT molecular complexity index is 165. The highest BCUT2D eigenvalue weighted by atomic mass is 16.5. The van der Waals surface area contributed by atoms with E-state index in [1.165, 1.54) is 7.11 Å². The molecular formula is C9H19N3O2. The van der Waals surface area contributed by atoms with Crippen LogP contribution in [0.25, 0.3) is 0 Å². The van der Waals surface area contributed by atoms with Gasteiger partial charge in [0.15, 0.2) is 0 Å². The standard InChI is InChI=1S/C9H19N3O2/c1-14-9(13)8-12-6-4-10-2-3-11-5-7-12/h10-11H,2-8H2,1H3. The maximum atomic E-state index is 11.1. The van der Waals surface area contributed by atoms with E-state index in [1.807, 2.05) is 0 Å². The number of esters is 1. The molecule has 0 saturated carbocycles. The van der Waals surface area contributed by atoms with E-state index >= 15 is 0 Å². The number of nitrogens with zero attached hydrogens (tertiary/aromatic N) is 1. The second-order valence-electron chi connectivity index (χ2n) is 3.35. The van der Waals surface area contributed by atoms with Crippen molar-refractivity contribution in [2.45, 2.75) is 0 Å². The van der Waals surface area contributed by atoms with E-state index < -0.39 is 0 Å². The Kier molecular flexibility index (Phi) is 5.51. The van der Waals surface area contributed by atoms with Crippen molar-refractivity contribution in [2.24, 2.45) is 0 Å². The molecule has 0 amide bonds. The predicted molar refractivity (Wildman–Crippen MR) is 54.2 cm³/mol. The van der Waals surface area contributed by atoms with Gasteiger partial charge in [-0.05, 0) is 0 Å². The molecule has 1 aliphatic rings. The van der Waals surface area contributed by atoms with Gasteiger partial charge < -0.3 is 15.4 Å². The van der Waals surface area contributed by atoms with Gasteiger partial charge in [-0.2, -0.15) is 0 Å². The summed E-state index contributed by atoms with van der Waals surface area (Å²) < 4.78 is 4.63. The molecular weight excluding hydrogens is 182 g/mol. The predicted octanol–water partition coefficient (Wildman–Crippen LogP) is -1.35. The van der Waals surface area contributed by atoms with Crippen molar-refractivity contribution in [3.63, 3.8) is 0 Å². The number of carbonyl (C=O) groups is 1. The Hall–Kier alpha value is -0.650. The Balaban J connectivity index is 2.28. The van der Waals surface area contributed by atoms with Crippen LogP contribution in [0.15, 0.2) is 0 Å². The average Bonchev–Trinajstić information content (AvgIpc) is 2.31. The lowest BCUT2D eigenvalue weighted by atomic mass is 10.4. The topological polar surface area (TPSA) is 53.6 Å². The maximum absolute atomic E-state index is 11.1. The SMILES string of the molecule is COC(=O)CN1CCNCCNCC1. The largest absolute Gasteiger partial charge is 0.468 e. The Morgan fingerprint density at radius 1 is 1.21 bits per heavy atom. The molecule has 1 heterocycles. The van der Waals surface area contributed by atoms with Gasteiger partial charge in [-0.3, -0.25) is 9.69 Å². The molecule has 0 unspecified atom stereocenters. The molecule has 1 aliphatic heterocycles. The Labute approximate surface area is 84.8 Å². The number of carbonyl (C=O) groups excluding carboxylic acids is 1. The lowest BCUT2D eigenvalue weighted by molar-refractivity contribution is -0.141. The lowest BCUT2D eigenvalue weighted by Crippen LogP contribution is -2.38. The van der Waals surface area contributed by atoms with E-state index in [2.05, 4.69) is 20.3 Å². The highest BCUT2D eigenvalue weighted by Crippen LogP contribution is 1.89. The van der Waals surface area contributed by atoms with Gasteiger partial charge in [-0.1, -0.05) is 0 Å². The maximum Gasteiger partial charge on any atom is 0.319 e. The quantitative estimate of drug-likeness (QED) is 0.541. The van der Waals surface area contributed by atoms with E-state index in [4.69, 9.17) is 0 Å². The highest BCUT2D eigenvalue weighted by Gasteiger charge is 2.10. The second-order valence-corrected chi connectivity index (χ2v) is 3.35. The van der Waals surface area contributed by atoms with Crippen molar-refractivity contribution in [3.8, 4) is 0 Å².